The summed E-state index contributed by atoms with van der Waals surface area (Å²) in [6.45, 7) is 0.423. The number of nitrogens with zero attached hydrogens (tertiary/aromatic N) is 1. The summed E-state index contributed by atoms with van der Waals surface area (Å²) in [5.74, 6) is -2.24. The quantitative estimate of drug-likeness (QED) is 0.941. The standard InChI is InChI=1S/C16H16F2N2O/c1-20(13-7-5-11(10-19)6-8-13)15(21)9-12-3-2-4-14(17)16(12)18/h2-8H,9-10,19H2,1H3. The van der Waals surface area contributed by atoms with Crippen LogP contribution in [0.4, 0.5) is 14.5 Å². The average Bonchev–Trinajstić information content (AvgIpc) is 2.51. The average molecular weight is 290 g/mol. The molecule has 0 aliphatic carbocycles. The highest BCUT2D eigenvalue weighted by atomic mass is 19.2. The molecule has 2 aromatic carbocycles. The lowest BCUT2D eigenvalue weighted by Gasteiger charge is -2.18. The van der Waals surface area contributed by atoms with Crippen molar-refractivity contribution in [3.8, 4) is 0 Å². The molecule has 1 amide bonds. The van der Waals surface area contributed by atoms with Crippen LogP contribution in [0.25, 0.3) is 0 Å². The van der Waals surface area contributed by atoms with Gasteiger partial charge in [0.2, 0.25) is 5.91 Å². The van der Waals surface area contributed by atoms with Crippen molar-refractivity contribution in [2.24, 2.45) is 5.73 Å². The zero-order chi connectivity index (χ0) is 15.4. The van der Waals surface area contributed by atoms with Gasteiger partial charge in [0.15, 0.2) is 11.6 Å². The molecule has 0 aromatic heterocycles. The van der Waals surface area contributed by atoms with E-state index in [1.54, 1.807) is 19.2 Å². The van der Waals surface area contributed by atoms with Crippen LogP contribution in [0.3, 0.4) is 0 Å². The molecule has 0 aliphatic heterocycles. The second-order valence-electron chi connectivity index (χ2n) is 4.71. The highest BCUT2D eigenvalue weighted by Crippen LogP contribution is 2.17. The molecule has 0 fully saturated rings. The summed E-state index contributed by atoms with van der Waals surface area (Å²) in [5.41, 5.74) is 7.19. The minimum absolute atomic E-state index is 0.0467. The Kier molecular flexibility index (Phi) is 4.65. The van der Waals surface area contributed by atoms with Gasteiger partial charge in [0.25, 0.3) is 0 Å². The number of likely N-dealkylation sites (N-methyl/N-ethyl adjacent to an activating group) is 1. The zero-order valence-corrected chi connectivity index (χ0v) is 11.6. The van der Waals surface area contributed by atoms with Crippen molar-refractivity contribution in [2.45, 2.75) is 13.0 Å². The summed E-state index contributed by atoms with van der Waals surface area (Å²) < 4.78 is 26.7. The molecule has 2 aromatic rings. The maximum absolute atomic E-state index is 13.6. The number of halogens is 2. The molecule has 2 N–H and O–H groups in total. The lowest BCUT2D eigenvalue weighted by Crippen LogP contribution is -2.28. The van der Waals surface area contributed by atoms with Crippen LogP contribution in [0.1, 0.15) is 11.1 Å². The van der Waals surface area contributed by atoms with Gasteiger partial charge in [-0.05, 0) is 23.8 Å². The molecule has 5 heteroatoms. The first-order valence-electron chi connectivity index (χ1n) is 6.51. The molecule has 0 unspecified atom stereocenters. The molecule has 0 saturated heterocycles. The Labute approximate surface area is 122 Å². The smallest absolute Gasteiger partial charge is 0.231 e. The first-order chi connectivity index (χ1) is 10.0. The molecule has 0 saturated carbocycles. The van der Waals surface area contributed by atoms with Crippen LogP contribution in [0, 0.1) is 11.6 Å². The third-order valence-electron chi connectivity index (χ3n) is 3.31. The normalized spacial score (nSPS) is 10.5. The Hall–Kier alpha value is -2.27. The minimum Gasteiger partial charge on any atom is -0.326 e. The largest absolute Gasteiger partial charge is 0.326 e. The third-order valence-corrected chi connectivity index (χ3v) is 3.31. The number of hydrogen-bond donors (Lipinski definition) is 1. The lowest BCUT2D eigenvalue weighted by atomic mass is 10.1. The highest BCUT2D eigenvalue weighted by Gasteiger charge is 2.15. The van der Waals surface area contributed by atoms with Crippen LogP contribution in [0.5, 0.6) is 0 Å². The number of amides is 1. The van der Waals surface area contributed by atoms with E-state index in [0.29, 0.717) is 12.2 Å². The van der Waals surface area contributed by atoms with Gasteiger partial charge in [0.05, 0.1) is 6.42 Å². The number of hydrogen-bond acceptors (Lipinski definition) is 2. The number of anilines is 1. The molecule has 0 heterocycles. The van der Waals surface area contributed by atoms with E-state index in [9.17, 15) is 13.6 Å². The van der Waals surface area contributed by atoms with Crippen LogP contribution in [-0.2, 0) is 17.8 Å². The van der Waals surface area contributed by atoms with Crippen LogP contribution in [0.2, 0.25) is 0 Å². The molecule has 0 aliphatic rings. The monoisotopic (exact) mass is 290 g/mol. The molecular formula is C16H16F2N2O. The first kappa shape index (κ1) is 15.1. The summed E-state index contributed by atoms with van der Waals surface area (Å²) in [6, 6.07) is 11.0. The van der Waals surface area contributed by atoms with E-state index in [-0.39, 0.29) is 17.9 Å². The first-order valence-corrected chi connectivity index (χ1v) is 6.51. The van der Waals surface area contributed by atoms with Gasteiger partial charge >= 0.3 is 0 Å². The Morgan fingerprint density at radius 2 is 1.81 bits per heavy atom. The molecular weight excluding hydrogens is 274 g/mol. The Balaban J connectivity index is 2.13. The van der Waals surface area contributed by atoms with E-state index in [4.69, 9.17) is 5.73 Å². The van der Waals surface area contributed by atoms with Gasteiger partial charge < -0.3 is 10.6 Å². The van der Waals surface area contributed by atoms with Crippen molar-refractivity contribution >= 4 is 11.6 Å². The number of nitrogens with two attached hydrogens (primary N) is 1. The van der Waals surface area contributed by atoms with E-state index in [2.05, 4.69) is 0 Å². The number of rotatable bonds is 4. The summed E-state index contributed by atoms with van der Waals surface area (Å²) in [7, 11) is 1.59. The van der Waals surface area contributed by atoms with Crippen molar-refractivity contribution in [3.05, 3.63) is 65.2 Å². The predicted octanol–water partition coefficient (Wildman–Crippen LogP) is 2.63. The molecule has 0 radical (unpaired) electrons. The van der Waals surface area contributed by atoms with Crippen molar-refractivity contribution in [3.63, 3.8) is 0 Å². The molecule has 0 bridgehead atoms. The van der Waals surface area contributed by atoms with Gasteiger partial charge in [-0.3, -0.25) is 4.79 Å². The van der Waals surface area contributed by atoms with E-state index < -0.39 is 11.6 Å². The van der Waals surface area contributed by atoms with Gasteiger partial charge in [0.1, 0.15) is 0 Å². The second kappa shape index (κ2) is 6.45. The van der Waals surface area contributed by atoms with E-state index in [1.165, 1.54) is 17.0 Å². The topological polar surface area (TPSA) is 46.3 Å². The fraction of sp³-hybridized carbons (Fsp3) is 0.188. The molecule has 110 valence electrons. The van der Waals surface area contributed by atoms with Crippen LogP contribution < -0.4 is 10.6 Å². The summed E-state index contributed by atoms with van der Waals surface area (Å²) in [5, 5.41) is 0. The van der Waals surface area contributed by atoms with E-state index >= 15 is 0 Å². The maximum atomic E-state index is 13.6. The molecule has 2 rings (SSSR count). The number of carbonyl (C=O) groups is 1. The third kappa shape index (κ3) is 3.44. The second-order valence-corrected chi connectivity index (χ2v) is 4.71. The van der Waals surface area contributed by atoms with Gasteiger partial charge in [0, 0.05) is 24.8 Å². The molecule has 3 nitrogen and oxygen atoms in total. The van der Waals surface area contributed by atoms with Crippen LogP contribution in [0.15, 0.2) is 42.5 Å². The SMILES string of the molecule is CN(C(=O)Cc1cccc(F)c1F)c1ccc(CN)cc1. The minimum atomic E-state index is -0.974. The summed E-state index contributed by atoms with van der Waals surface area (Å²) in [4.78, 5) is 13.6. The van der Waals surface area contributed by atoms with Crippen molar-refractivity contribution < 1.29 is 13.6 Å². The summed E-state index contributed by atoms with van der Waals surface area (Å²) >= 11 is 0. The number of carbonyl (C=O) groups excluding carboxylic acids is 1. The zero-order valence-electron chi connectivity index (χ0n) is 11.6. The Bertz CT molecular complexity index is 641. The van der Waals surface area contributed by atoms with Crippen LogP contribution >= 0.6 is 0 Å². The summed E-state index contributed by atoms with van der Waals surface area (Å²) in [6.07, 6.45) is -0.196. The van der Waals surface area contributed by atoms with Gasteiger partial charge in [-0.2, -0.15) is 0 Å². The van der Waals surface area contributed by atoms with E-state index in [0.717, 1.165) is 11.6 Å². The molecule has 0 atom stereocenters. The van der Waals surface area contributed by atoms with Crippen LogP contribution in [-0.4, -0.2) is 13.0 Å². The van der Waals surface area contributed by atoms with Crippen molar-refractivity contribution in [1.82, 2.24) is 0 Å². The van der Waals surface area contributed by atoms with Crippen molar-refractivity contribution in [2.75, 3.05) is 11.9 Å². The molecule has 21 heavy (non-hydrogen) atoms. The lowest BCUT2D eigenvalue weighted by molar-refractivity contribution is -0.117. The van der Waals surface area contributed by atoms with E-state index in [1.807, 2.05) is 12.1 Å². The van der Waals surface area contributed by atoms with Gasteiger partial charge in [-0.15, -0.1) is 0 Å². The Morgan fingerprint density at radius 1 is 1.14 bits per heavy atom. The highest BCUT2D eigenvalue weighted by molar-refractivity contribution is 5.94. The predicted molar refractivity (Wildman–Crippen MR) is 77.8 cm³/mol. The number of benzene rings is 2. The Morgan fingerprint density at radius 3 is 2.43 bits per heavy atom. The fourth-order valence-corrected chi connectivity index (χ4v) is 1.97. The fourth-order valence-electron chi connectivity index (χ4n) is 1.97. The van der Waals surface area contributed by atoms with Gasteiger partial charge in [-0.25, -0.2) is 8.78 Å². The molecule has 0 spiro atoms. The maximum Gasteiger partial charge on any atom is 0.231 e. The van der Waals surface area contributed by atoms with Gasteiger partial charge in [-0.1, -0.05) is 24.3 Å². The van der Waals surface area contributed by atoms with Crippen molar-refractivity contribution in [1.29, 1.82) is 0 Å².